The molecular weight excluding hydrogens is 248 g/mol. The van der Waals surface area contributed by atoms with Gasteiger partial charge in [0.2, 0.25) is 0 Å². The number of hydrogen-bond donors (Lipinski definition) is 1. The summed E-state index contributed by atoms with van der Waals surface area (Å²) in [4.78, 5) is 2.13. The second kappa shape index (κ2) is 3.56. The molecule has 0 bridgehead atoms. The van der Waals surface area contributed by atoms with Gasteiger partial charge in [0, 0.05) is 18.2 Å². The van der Waals surface area contributed by atoms with Crippen LogP contribution in [-0.4, -0.2) is 16.7 Å². The maximum Gasteiger partial charge on any atom is 0.128 e. The molecule has 0 spiro atoms. The number of hydrogen-bond acceptors (Lipinski definition) is 2. The first-order chi connectivity index (χ1) is 9.22. The van der Waals surface area contributed by atoms with Crippen molar-refractivity contribution in [2.75, 3.05) is 11.4 Å². The lowest BCUT2D eigenvalue weighted by atomic mass is 10.0. The molecule has 2 atom stereocenters. The molecule has 3 nitrogen and oxygen atoms in total. The smallest absolute Gasteiger partial charge is 0.128 e. The Morgan fingerprint density at radius 2 is 2.21 bits per heavy atom. The first-order valence-corrected chi connectivity index (χ1v) is 6.44. The summed E-state index contributed by atoms with van der Waals surface area (Å²) in [5.74, 6) is 0.582. The van der Waals surface area contributed by atoms with E-state index < -0.39 is 0 Å². The van der Waals surface area contributed by atoms with Gasteiger partial charge in [-0.2, -0.15) is 5.10 Å². The van der Waals surface area contributed by atoms with Crippen LogP contribution in [0.2, 0.25) is 0 Å². The van der Waals surface area contributed by atoms with Crippen LogP contribution in [0.3, 0.4) is 0 Å². The number of nitrogens with one attached hydrogen (secondary N) is 1. The van der Waals surface area contributed by atoms with E-state index in [1.165, 1.54) is 18.2 Å². The van der Waals surface area contributed by atoms with Crippen molar-refractivity contribution in [3.63, 3.8) is 0 Å². The number of aromatic amines is 1. The molecule has 98 valence electrons. The Labute approximate surface area is 109 Å². The van der Waals surface area contributed by atoms with E-state index >= 15 is 0 Å². The summed E-state index contributed by atoms with van der Waals surface area (Å²) in [6, 6.07) is 5.60. The molecular formula is C14H13F2N3. The highest BCUT2D eigenvalue weighted by Crippen LogP contribution is 2.63. The quantitative estimate of drug-likeness (QED) is 0.901. The summed E-state index contributed by atoms with van der Waals surface area (Å²) in [7, 11) is 0. The van der Waals surface area contributed by atoms with E-state index in [2.05, 4.69) is 15.1 Å². The lowest BCUT2D eigenvalue weighted by Gasteiger charge is -2.29. The molecule has 1 saturated heterocycles. The van der Waals surface area contributed by atoms with E-state index in [4.69, 9.17) is 0 Å². The van der Waals surface area contributed by atoms with Crippen LogP contribution in [0.25, 0.3) is 0 Å². The highest BCUT2D eigenvalue weighted by molar-refractivity contribution is 5.53. The Hall–Kier alpha value is -1.91. The van der Waals surface area contributed by atoms with Crippen molar-refractivity contribution in [1.82, 2.24) is 10.2 Å². The molecule has 0 amide bonds. The summed E-state index contributed by atoms with van der Waals surface area (Å²) in [5.41, 5.74) is 0.100. The van der Waals surface area contributed by atoms with Crippen molar-refractivity contribution >= 4 is 5.82 Å². The van der Waals surface area contributed by atoms with Crippen molar-refractivity contribution in [2.45, 2.75) is 18.4 Å². The van der Waals surface area contributed by atoms with E-state index in [0.29, 0.717) is 11.5 Å². The maximum atomic E-state index is 14.1. The van der Waals surface area contributed by atoms with Gasteiger partial charge in [0.05, 0.1) is 11.7 Å². The molecule has 2 fully saturated rings. The number of benzene rings is 1. The molecule has 1 aliphatic heterocycles. The van der Waals surface area contributed by atoms with Crippen LogP contribution in [0, 0.1) is 17.6 Å². The predicted octanol–water partition coefficient (Wildman–Crippen LogP) is 2.81. The first kappa shape index (κ1) is 11.0. The average Bonchev–Trinajstić information content (AvgIpc) is 2.80. The Morgan fingerprint density at radius 3 is 2.95 bits per heavy atom. The molecule has 0 radical (unpaired) electrons. The number of halogens is 2. The number of nitrogens with zero attached hydrogens (tertiary/aromatic N) is 2. The van der Waals surface area contributed by atoms with Gasteiger partial charge in [-0.25, -0.2) is 8.78 Å². The molecule has 2 heterocycles. The summed E-state index contributed by atoms with van der Waals surface area (Å²) >= 11 is 0. The average molecular weight is 261 g/mol. The molecule has 1 saturated carbocycles. The van der Waals surface area contributed by atoms with Gasteiger partial charge in [-0.3, -0.25) is 5.10 Å². The molecule has 1 N–H and O–H groups in total. The molecule has 0 unspecified atom stereocenters. The minimum absolute atomic E-state index is 0.324. The van der Waals surface area contributed by atoms with E-state index in [1.807, 2.05) is 6.07 Å². The fourth-order valence-electron chi connectivity index (χ4n) is 3.51. The predicted molar refractivity (Wildman–Crippen MR) is 66.7 cm³/mol. The normalized spacial score (nSPS) is 28.5. The molecule has 2 aromatic rings. The van der Waals surface area contributed by atoms with Crippen LogP contribution >= 0.6 is 0 Å². The van der Waals surface area contributed by atoms with Gasteiger partial charge in [-0.15, -0.1) is 0 Å². The zero-order valence-electron chi connectivity index (χ0n) is 10.2. The zero-order valence-corrected chi connectivity index (χ0v) is 10.2. The molecule has 2 aliphatic rings. The summed E-state index contributed by atoms with van der Waals surface area (Å²) < 4.78 is 27.5. The largest absolute Gasteiger partial charge is 0.347 e. The number of rotatable bonds is 2. The van der Waals surface area contributed by atoms with E-state index in [1.54, 1.807) is 6.20 Å². The van der Waals surface area contributed by atoms with Crippen LogP contribution in [0.15, 0.2) is 30.5 Å². The Balaban J connectivity index is 1.83. The van der Waals surface area contributed by atoms with Gasteiger partial charge < -0.3 is 4.90 Å². The SMILES string of the molecule is Fc1ccc(F)c([C@@]23C[C@@H]2CCN3c2ccn[nH]2)c1. The van der Waals surface area contributed by atoms with Crippen molar-refractivity contribution in [2.24, 2.45) is 5.92 Å². The Bertz CT molecular complexity index is 626. The third-order valence-electron chi connectivity index (χ3n) is 4.43. The van der Waals surface area contributed by atoms with Crippen LogP contribution in [0.4, 0.5) is 14.6 Å². The van der Waals surface area contributed by atoms with Gasteiger partial charge in [0.15, 0.2) is 0 Å². The van der Waals surface area contributed by atoms with E-state index in [-0.39, 0.29) is 17.2 Å². The van der Waals surface area contributed by atoms with Crippen molar-refractivity contribution in [3.8, 4) is 0 Å². The number of aromatic nitrogens is 2. The summed E-state index contributed by atoms with van der Waals surface area (Å²) in [5, 5.41) is 6.87. The van der Waals surface area contributed by atoms with E-state index in [0.717, 1.165) is 25.2 Å². The van der Waals surface area contributed by atoms with Gasteiger partial charge in [0.1, 0.15) is 17.5 Å². The monoisotopic (exact) mass is 261 g/mol. The van der Waals surface area contributed by atoms with Crippen molar-refractivity contribution < 1.29 is 8.78 Å². The summed E-state index contributed by atoms with van der Waals surface area (Å²) in [6.07, 6.45) is 3.57. The number of H-pyrrole nitrogens is 1. The maximum absolute atomic E-state index is 14.1. The fraction of sp³-hybridized carbons (Fsp3) is 0.357. The minimum atomic E-state index is -0.382. The standard InChI is InChI=1S/C14H13F2N3/c15-10-1-2-12(16)11(7-10)14-8-9(14)4-6-19(14)13-3-5-17-18-13/h1-3,5,7,9H,4,6,8H2,(H,17,18)/t9-,14+/m0/s1. The van der Waals surface area contributed by atoms with Crippen molar-refractivity contribution in [1.29, 1.82) is 0 Å². The lowest BCUT2D eigenvalue weighted by Crippen LogP contribution is -2.34. The third-order valence-corrected chi connectivity index (χ3v) is 4.43. The summed E-state index contributed by atoms with van der Waals surface area (Å²) in [6.45, 7) is 0.850. The Morgan fingerprint density at radius 1 is 1.32 bits per heavy atom. The number of piperidine rings is 1. The second-order valence-corrected chi connectivity index (χ2v) is 5.33. The lowest BCUT2D eigenvalue weighted by molar-refractivity contribution is 0.544. The molecule has 5 heteroatoms. The molecule has 4 rings (SSSR count). The highest BCUT2D eigenvalue weighted by Gasteiger charge is 2.64. The topological polar surface area (TPSA) is 31.9 Å². The second-order valence-electron chi connectivity index (χ2n) is 5.33. The van der Waals surface area contributed by atoms with Crippen molar-refractivity contribution in [3.05, 3.63) is 47.7 Å². The molecule has 1 aromatic carbocycles. The van der Waals surface area contributed by atoms with Gasteiger partial charge in [-0.1, -0.05) is 0 Å². The Kier molecular flexibility index (Phi) is 2.05. The van der Waals surface area contributed by atoms with Crippen LogP contribution < -0.4 is 4.90 Å². The molecule has 19 heavy (non-hydrogen) atoms. The van der Waals surface area contributed by atoms with Gasteiger partial charge in [0.25, 0.3) is 0 Å². The molecule has 1 aromatic heterocycles. The fourth-order valence-corrected chi connectivity index (χ4v) is 3.51. The van der Waals surface area contributed by atoms with Gasteiger partial charge >= 0.3 is 0 Å². The first-order valence-electron chi connectivity index (χ1n) is 6.44. The number of anilines is 1. The minimum Gasteiger partial charge on any atom is -0.347 e. The highest BCUT2D eigenvalue weighted by atomic mass is 19.1. The zero-order chi connectivity index (χ0) is 13.0. The molecule has 1 aliphatic carbocycles. The third kappa shape index (κ3) is 1.38. The van der Waals surface area contributed by atoms with Crippen LogP contribution in [0.5, 0.6) is 0 Å². The van der Waals surface area contributed by atoms with Crippen LogP contribution in [0.1, 0.15) is 18.4 Å². The van der Waals surface area contributed by atoms with Crippen LogP contribution in [-0.2, 0) is 5.54 Å². The number of fused-ring (bicyclic) bond motifs is 1. The van der Waals surface area contributed by atoms with Gasteiger partial charge in [-0.05, 0) is 37.0 Å². The van der Waals surface area contributed by atoms with E-state index in [9.17, 15) is 8.78 Å².